The number of aliphatic imine (C=N–C) groups is 1. The first kappa shape index (κ1) is 8.46. The minimum absolute atomic E-state index is 0.0139. The van der Waals surface area contributed by atoms with Crippen molar-refractivity contribution in [2.45, 2.75) is 19.0 Å². The molecule has 9 heavy (non-hydrogen) atoms. The van der Waals surface area contributed by atoms with Crippen LogP contribution >= 0.6 is 0 Å². The van der Waals surface area contributed by atoms with Crippen molar-refractivity contribution >= 4 is 6.21 Å². The number of nitrogens with zero attached hydrogens (tertiary/aromatic N) is 1. The lowest BCUT2D eigenvalue weighted by Gasteiger charge is -2.00. The molecule has 0 unspecified atom stereocenters. The smallest absolute Gasteiger partial charge is 0.301 e. The highest BCUT2D eigenvalue weighted by Crippen LogP contribution is 2.20. The van der Waals surface area contributed by atoms with Crippen molar-refractivity contribution in [3.8, 4) is 0 Å². The first-order valence-corrected chi connectivity index (χ1v) is 2.53. The van der Waals surface area contributed by atoms with Crippen LogP contribution in [0.15, 0.2) is 4.99 Å². The fraction of sp³-hybridized carbons (Fsp3) is 0.800. The van der Waals surface area contributed by atoms with Crippen molar-refractivity contribution < 1.29 is 13.2 Å². The Morgan fingerprint density at radius 1 is 1.44 bits per heavy atom. The molecule has 0 aromatic rings. The van der Waals surface area contributed by atoms with Gasteiger partial charge in [-0.05, 0) is 12.6 Å². The molecule has 0 bridgehead atoms. The Hall–Kier alpha value is -0.540. The molecule has 0 amide bonds. The van der Waals surface area contributed by atoms with Crippen molar-refractivity contribution in [1.29, 1.82) is 0 Å². The van der Waals surface area contributed by atoms with Gasteiger partial charge in [-0.3, -0.25) is 0 Å². The minimum Gasteiger partial charge on any atom is -0.301 e. The van der Waals surface area contributed by atoms with Gasteiger partial charge in [0.25, 0.3) is 0 Å². The zero-order valence-corrected chi connectivity index (χ0v) is 5.07. The van der Waals surface area contributed by atoms with E-state index in [1.165, 1.54) is 13.3 Å². The van der Waals surface area contributed by atoms with Crippen molar-refractivity contribution in [1.82, 2.24) is 0 Å². The molecule has 0 fully saturated rings. The Balaban J connectivity index is 3.28. The van der Waals surface area contributed by atoms with E-state index in [0.717, 1.165) is 0 Å². The molecule has 0 aromatic carbocycles. The van der Waals surface area contributed by atoms with Crippen LogP contribution in [0.5, 0.6) is 0 Å². The van der Waals surface area contributed by atoms with E-state index >= 15 is 0 Å². The Kier molecular flexibility index (Phi) is 3.27. The predicted molar refractivity (Wildman–Crippen MR) is 29.7 cm³/mol. The van der Waals surface area contributed by atoms with Crippen LogP contribution in [0.25, 0.3) is 0 Å². The molecular formula is C5H8F3N. The number of hydrogen-bond donors (Lipinski definition) is 0. The molecule has 0 rings (SSSR count). The van der Waals surface area contributed by atoms with Crippen LogP contribution in [0, 0.1) is 0 Å². The van der Waals surface area contributed by atoms with Gasteiger partial charge < -0.3 is 4.99 Å². The molecule has 0 aliphatic rings. The fourth-order valence-corrected chi connectivity index (χ4v) is 0.357. The monoisotopic (exact) mass is 139 g/mol. The van der Waals surface area contributed by atoms with E-state index in [9.17, 15) is 13.2 Å². The predicted octanol–water partition coefficient (Wildman–Crippen LogP) is 2.03. The molecule has 4 heteroatoms. The van der Waals surface area contributed by atoms with Crippen LogP contribution in [0.4, 0.5) is 13.2 Å². The van der Waals surface area contributed by atoms with Gasteiger partial charge >= 0.3 is 6.18 Å². The van der Waals surface area contributed by atoms with Gasteiger partial charge in [0, 0.05) is 13.5 Å². The molecule has 0 saturated carbocycles. The van der Waals surface area contributed by atoms with Crippen molar-refractivity contribution in [2.75, 3.05) is 7.05 Å². The normalized spacial score (nSPS) is 12.9. The summed E-state index contributed by atoms with van der Waals surface area (Å²) < 4.78 is 34.0. The van der Waals surface area contributed by atoms with Gasteiger partial charge in [-0.1, -0.05) is 0 Å². The van der Waals surface area contributed by atoms with Gasteiger partial charge in [0.05, 0.1) is 0 Å². The summed E-state index contributed by atoms with van der Waals surface area (Å²) in [5.41, 5.74) is 0. The number of halogens is 3. The maximum atomic E-state index is 11.3. The zero-order chi connectivity index (χ0) is 7.33. The lowest BCUT2D eigenvalue weighted by Crippen LogP contribution is -2.06. The van der Waals surface area contributed by atoms with Gasteiger partial charge in [0.2, 0.25) is 0 Å². The van der Waals surface area contributed by atoms with Crippen LogP contribution in [0.2, 0.25) is 0 Å². The third kappa shape index (κ3) is 7.46. The van der Waals surface area contributed by atoms with E-state index in [-0.39, 0.29) is 6.42 Å². The third-order valence-electron chi connectivity index (χ3n) is 0.739. The first-order valence-electron chi connectivity index (χ1n) is 2.53. The second-order valence-corrected chi connectivity index (χ2v) is 1.59. The SMILES string of the molecule is C/N=C\CCC(F)(F)F. The Morgan fingerprint density at radius 2 is 2.00 bits per heavy atom. The molecule has 54 valence electrons. The fourth-order valence-electron chi connectivity index (χ4n) is 0.357. The molecule has 0 radical (unpaired) electrons. The highest BCUT2D eigenvalue weighted by atomic mass is 19.4. The molecule has 0 saturated heterocycles. The quantitative estimate of drug-likeness (QED) is 0.519. The summed E-state index contributed by atoms with van der Waals surface area (Å²) in [6.07, 6.45) is -3.57. The topological polar surface area (TPSA) is 12.4 Å². The third-order valence-corrected chi connectivity index (χ3v) is 0.739. The summed E-state index contributed by atoms with van der Waals surface area (Å²) in [6.45, 7) is 0. The largest absolute Gasteiger partial charge is 0.389 e. The standard InChI is InChI=1S/C5H8F3N/c1-9-4-2-3-5(6,7)8/h4H,2-3H2,1H3/b9-4-. The molecule has 0 aliphatic heterocycles. The molecule has 0 atom stereocenters. The van der Waals surface area contributed by atoms with Gasteiger partial charge in [0.15, 0.2) is 0 Å². The molecule has 0 N–H and O–H groups in total. The van der Waals surface area contributed by atoms with Gasteiger partial charge in [-0.25, -0.2) is 0 Å². The van der Waals surface area contributed by atoms with Crippen LogP contribution in [0.3, 0.4) is 0 Å². The van der Waals surface area contributed by atoms with Crippen molar-refractivity contribution in [3.63, 3.8) is 0 Å². The number of rotatable bonds is 2. The first-order chi connectivity index (χ1) is 4.06. The highest BCUT2D eigenvalue weighted by Gasteiger charge is 2.25. The maximum Gasteiger partial charge on any atom is 0.389 e. The molecular weight excluding hydrogens is 131 g/mol. The van der Waals surface area contributed by atoms with Crippen LogP contribution in [-0.2, 0) is 0 Å². The molecule has 0 spiro atoms. The average molecular weight is 139 g/mol. The zero-order valence-electron chi connectivity index (χ0n) is 5.07. The minimum atomic E-state index is -4.04. The van der Waals surface area contributed by atoms with Crippen molar-refractivity contribution in [3.05, 3.63) is 0 Å². The van der Waals surface area contributed by atoms with Gasteiger partial charge in [-0.2, -0.15) is 13.2 Å². The summed E-state index contributed by atoms with van der Waals surface area (Å²) in [5, 5.41) is 0. The Bertz CT molecular complexity index is 94.9. The van der Waals surface area contributed by atoms with E-state index in [1.54, 1.807) is 0 Å². The van der Waals surface area contributed by atoms with Crippen LogP contribution in [-0.4, -0.2) is 19.4 Å². The lowest BCUT2D eigenvalue weighted by molar-refractivity contribution is -0.132. The summed E-state index contributed by atoms with van der Waals surface area (Å²) in [4.78, 5) is 3.41. The Morgan fingerprint density at radius 3 is 2.33 bits per heavy atom. The van der Waals surface area contributed by atoms with E-state index in [0.29, 0.717) is 0 Å². The van der Waals surface area contributed by atoms with E-state index in [4.69, 9.17) is 0 Å². The lowest BCUT2D eigenvalue weighted by atomic mass is 10.3. The summed E-state index contributed by atoms with van der Waals surface area (Å²) >= 11 is 0. The maximum absolute atomic E-state index is 11.3. The van der Waals surface area contributed by atoms with E-state index in [2.05, 4.69) is 4.99 Å². The molecule has 0 aromatic heterocycles. The van der Waals surface area contributed by atoms with Crippen LogP contribution in [0.1, 0.15) is 12.8 Å². The second-order valence-electron chi connectivity index (χ2n) is 1.59. The number of alkyl halides is 3. The average Bonchev–Trinajstić information content (AvgIpc) is 1.63. The summed E-state index contributed by atoms with van der Waals surface area (Å²) in [6, 6.07) is 0. The van der Waals surface area contributed by atoms with Gasteiger partial charge in [-0.15, -0.1) is 0 Å². The van der Waals surface area contributed by atoms with Crippen LogP contribution < -0.4 is 0 Å². The summed E-state index contributed by atoms with van der Waals surface area (Å²) in [7, 11) is 1.45. The molecule has 1 nitrogen and oxygen atoms in total. The molecule has 0 heterocycles. The molecule has 0 aliphatic carbocycles. The second kappa shape index (κ2) is 3.48. The van der Waals surface area contributed by atoms with Gasteiger partial charge in [0.1, 0.15) is 0 Å². The Labute approximate surface area is 51.6 Å². The number of hydrogen-bond acceptors (Lipinski definition) is 1. The van der Waals surface area contributed by atoms with E-state index in [1.807, 2.05) is 0 Å². The summed E-state index contributed by atoms with van der Waals surface area (Å²) in [5.74, 6) is 0. The van der Waals surface area contributed by atoms with E-state index < -0.39 is 12.6 Å². The van der Waals surface area contributed by atoms with Crippen molar-refractivity contribution in [2.24, 2.45) is 4.99 Å². The highest BCUT2D eigenvalue weighted by molar-refractivity contribution is 5.56.